The van der Waals surface area contributed by atoms with Crippen LogP contribution in [-0.2, 0) is 6.54 Å². The zero-order valence-corrected chi connectivity index (χ0v) is 9.87. The van der Waals surface area contributed by atoms with Crippen LogP contribution in [0.3, 0.4) is 0 Å². The van der Waals surface area contributed by atoms with Gasteiger partial charge in [-0.25, -0.2) is 5.43 Å². The Labute approximate surface area is 102 Å². The van der Waals surface area contributed by atoms with Crippen LogP contribution in [0.1, 0.15) is 12.0 Å². The lowest BCUT2D eigenvalue weighted by atomic mass is 10.1. The van der Waals surface area contributed by atoms with E-state index in [2.05, 4.69) is 28.3 Å². The molecule has 0 aromatic heterocycles. The van der Waals surface area contributed by atoms with Gasteiger partial charge in [-0.2, -0.15) is 0 Å². The second kappa shape index (κ2) is 6.39. The van der Waals surface area contributed by atoms with E-state index in [1.807, 2.05) is 18.2 Å². The summed E-state index contributed by atoms with van der Waals surface area (Å²) in [7, 11) is 0. The van der Waals surface area contributed by atoms with E-state index < -0.39 is 0 Å². The van der Waals surface area contributed by atoms with Gasteiger partial charge in [0, 0.05) is 31.8 Å². The highest BCUT2D eigenvalue weighted by Gasteiger charge is 2.10. The zero-order valence-electron chi connectivity index (χ0n) is 9.87. The number of hydrazine groups is 1. The molecular formula is C13H19N3O. The Morgan fingerprint density at radius 1 is 1.24 bits per heavy atom. The summed E-state index contributed by atoms with van der Waals surface area (Å²) in [4.78, 5) is 0. The first kappa shape index (κ1) is 12.1. The molecule has 4 nitrogen and oxygen atoms in total. The molecule has 1 aromatic carbocycles. The first-order chi connectivity index (χ1) is 8.40. The van der Waals surface area contributed by atoms with E-state index in [4.69, 9.17) is 0 Å². The molecule has 0 saturated heterocycles. The smallest absolute Gasteiger partial charge is 0.0674 e. The van der Waals surface area contributed by atoms with Gasteiger partial charge in [-0.05, 0) is 11.1 Å². The van der Waals surface area contributed by atoms with Crippen LogP contribution < -0.4 is 16.2 Å². The van der Waals surface area contributed by atoms with Crippen LogP contribution in [0.2, 0.25) is 0 Å². The Morgan fingerprint density at radius 2 is 2.06 bits per heavy atom. The third-order valence-electron chi connectivity index (χ3n) is 2.88. The van der Waals surface area contributed by atoms with Crippen LogP contribution in [0.25, 0.3) is 0 Å². The molecule has 1 heterocycles. The predicted octanol–water partition coefficient (Wildman–Crippen LogP) is 0.520. The van der Waals surface area contributed by atoms with Crippen molar-refractivity contribution in [3.05, 3.63) is 47.2 Å². The van der Waals surface area contributed by atoms with Crippen LogP contribution in [0.15, 0.2) is 41.6 Å². The van der Waals surface area contributed by atoms with Gasteiger partial charge >= 0.3 is 0 Å². The normalized spacial score (nSPS) is 16.1. The first-order valence-electron chi connectivity index (χ1n) is 5.95. The van der Waals surface area contributed by atoms with E-state index in [9.17, 15) is 5.11 Å². The molecule has 92 valence electrons. The third-order valence-corrected chi connectivity index (χ3v) is 2.88. The summed E-state index contributed by atoms with van der Waals surface area (Å²) < 4.78 is 0. The minimum Gasteiger partial charge on any atom is -0.392 e. The van der Waals surface area contributed by atoms with Gasteiger partial charge in [0.15, 0.2) is 0 Å². The van der Waals surface area contributed by atoms with Crippen molar-refractivity contribution in [2.75, 3.05) is 19.7 Å². The molecule has 0 aliphatic carbocycles. The molecule has 4 heteroatoms. The van der Waals surface area contributed by atoms with Gasteiger partial charge in [-0.1, -0.05) is 30.3 Å². The minimum atomic E-state index is 0.113. The average Bonchev–Trinajstić information content (AvgIpc) is 2.40. The Morgan fingerprint density at radius 3 is 2.82 bits per heavy atom. The highest BCUT2D eigenvalue weighted by Crippen LogP contribution is 2.08. The molecule has 0 radical (unpaired) electrons. The molecule has 0 fully saturated rings. The highest BCUT2D eigenvalue weighted by molar-refractivity contribution is 5.18. The average molecular weight is 233 g/mol. The van der Waals surface area contributed by atoms with E-state index in [1.165, 1.54) is 5.56 Å². The van der Waals surface area contributed by atoms with Crippen molar-refractivity contribution in [1.29, 1.82) is 0 Å². The van der Waals surface area contributed by atoms with Gasteiger partial charge < -0.3 is 15.8 Å². The lowest BCUT2D eigenvalue weighted by Gasteiger charge is -2.21. The van der Waals surface area contributed by atoms with Crippen molar-refractivity contribution >= 4 is 0 Å². The van der Waals surface area contributed by atoms with Crippen molar-refractivity contribution in [1.82, 2.24) is 16.2 Å². The summed E-state index contributed by atoms with van der Waals surface area (Å²) in [6, 6.07) is 10.2. The number of nitrogens with one attached hydrogen (secondary N) is 3. The molecule has 0 amide bonds. The van der Waals surface area contributed by atoms with E-state index in [1.54, 1.807) is 0 Å². The second-order valence-corrected chi connectivity index (χ2v) is 4.13. The first-order valence-corrected chi connectivity index (χ1v) is 5.95. The van der Waals surface area contributed by atoms with Crippen LogP contribution in [0.4, 0.5) is 0 Å². The molecular weight excluding hydrogens is 214 g/mol. The van der Waals surface area contributed by atoms with E-state index >= 15 is 0 Å². The summed E-state index contributed by atoms with van der Waals surface area (Å²) in [6.07, 6.45) is 0.928. The number of aliphatic hydroxyl groups is 1. The van der Waals surface area contributed by atoms with Gasteiger partial charge in [0.1, 0.15) is 0 Å². The fraction of sp³-hybridized carbons (Fsp3) is 0.385. The lowest BCUT2D eigenvalue weighted by Crippen LogP contribution is -2.37. The molecule has 0 saturated carbocycles. The molecule has 1 aliphatic heterocycles. The Balaban J connectivity index is 1.83. The van der Waals surface area contributed by atoms with Gasteiger partial charge in [0.25, 0.3) is 0 Å². The van der Waals surface area contributed by atoms with E-state index in [0.717, 1.165) is 37.3 Å². The van der Waals surface area contributed by atoms with Gasteiger partial charge in [-0.3, -0.25) is 0 Å². The quantitative estimate of drug-likeness (QED) is 0.560. The molecule has 0 bridgehead atoms. The summed E-state index contributed by atoms with van der Waals surface area (Å²) in [5.41, 5.74) is 9.78. The molecule has 1 aromatic rings. The van der Waals surface area contributed by atoms with Crippen LogP contribution in [-0.4, -0.2) is 24.8 Å². The molecule has 1 aliphatic rings. The van der Waals surface area contributed by atoms with Crippen molar-refractivity contribution < 1.29 is 5.11 Å². The fourth-order valence-electron chi connectivity index (χ4n) is 1.89. The van der Waals surface area contributed by atoms with Gasteiger partial charge in [0.2, 0.25) is 0 Å². The zero-order chi connectivity index (χ0) is 11.9. The maximum Gasteiger partial charge on any atom is 0.0674 e. The third kappa shape index (κ3) is 3.56. The minimum absolute atomic E-state index is 0.113. The van der Waals surface area contributed by atoms with Crippen LogP contribution >= 0.6 is 0 Å². The summed E-state index contributed by atoms with van der Waals surface area (Å²) in [5, 5.41) is 12.5. The maximum absolute atomic E-state index is 9.21. The SMILES string of the molecule is OCC1=C(NNCc2ccccc2)CCNC1. The Kier molecular flexibility index (Phi) is 4.55. The van der Waals surface area contributed by atoms with Crippen molar-refractivity contribution in [3.63, 3.8) is 0 Å². The van der Waals surface area contributed by atoms with Crippen LogP contribution in [0.5, 0.6) is 0 Å². The number of hydrogen-bond acceptors (Lipinski definition) is 4. The molecule has 0 spiro atoms. The highest BCUT2D eigenvalue weighted by atomic mass is 16.3. The van der Waals surface area contributed by atoms with Crippen molar-refractivity contribution in [2.45, 2.75) is 13.0 Å². The number of hydrogen-bond donors (Lipinski definition) is 4. The number of rotatable bonds is 5. The molecule has 0 unspecified atom stereocenters. The number of benzene rings is 1. The fourth-order valence-corrected chi connectivity index (χ4v) is 1.89. The van der Waals surface area contributed by atoms with Crippen molar-refractivity contribution in [3.8, 4) is 0 Å². The summed E-state index contributed by atoms with van der Waals surface area (Å²) >= 11 is 0. The largest absolute Gasteiger partial charge is 0.392 e. The molecule has 17 heavy (non-hydrogen) atoms. The molecule has 2 rings (SSSR count). The molecule has 0 atom stereocenters. The van der Waals surface area contributed by atoms with Crippen LogP contribution in [0, 0.1) is 0 Å². The Hall–Kier alpha value is -1.36. The monoisotopic (exact) mass is 233 g/mol. The van der Waals surface area contributed by atoms with E-state index in [-0.39, 0.29) is 6.61 Å². The predicted molar refractivity (Wildman–Crippen MR) is 68.0 cm³/mol. The summed E-state index contributed by atoms with van der Waals surface area (Å²) in [5.74, 6) is 0. The second-order valence-electron chi connectivity index (χ2n) is 4.13. The lowest BCUT2D eigenvalue weighted by molar-refractivity contribution is 0.319. The van der Waals surface area contributed by atoms with Gasteiger partial charge in [0.05, 0.1) is 6.61 Å². The topological polar surface area (TPSA) is 56.3 Å². The molecule has 4 N–H and O–H groups in total. The standard InChI is InChI=1S/C13H19N3O/c17-10-12-9-14-7-6-13(12)16-15-8-11-4-2-1-3-5-11/h1-5,14-17H,6-10H2. The Bertz CT molecular complexity index is 376. The maximum atomic E-state index is 9.21. The van der Waals surface area contributed by atoms with Gasteiger partial charge in [-0.15, -0.1) is 0 Å². The van der Waals surface area contributed by atoms with E-state index in [0.29, 0.717) is 0 Å². The summed E-state index contributed by atoms with van der Waals surface area (Å²) in [6.45, 7) is 2.61. The van der Waals surface area contributed by atoms with Crippen molar-refractivity contribution in [2.24, 2.45) is 0 Å². The number of aliphatic hydroxyl groups excluding tert-OH is 1.